The summed E-state index contributed by atoms with van der Waals surface area (Å²) in [7, 11) is -3.67. The van der Waals surface area contributed by atoms with Gasteiger partial charge in [0.25, 0.3) is 0 Å². The summed E-state index contributed by atoms with van der Waals surface area (Å²) in [5, 5.41) is 0. The summed E-state index contributed by atoms with van der Waals surface area (Å²) in [6.07, 6.45) is 5.37. The molecule has 1 aromatic rings. The number of hydrogen-bond acceptors (Lipinski definition) is 3. The van der Waals surface area contributed by atoms with Crippen LogP contribution in [0.1, 0.15) is 26.2 Å². The number of rotatable bonds is 6. The van der Waals surface area contributed by atoms with E-state index in [9.17, 15) is 13.2 Å². The molecule has 0 amide bonds. The summed E-state index contributed by atoms with van der Waals surface area (Å²) in [6, 6.07) is 1.20. The van der Waals surface area contributed by atoms with Crippen molar-refractivity contribution in [2.45, 2.75) is 31.1 Å². The lowest BCUT2D eigenvalue weighted by Gasteiger charge is -2.04. The van der Waals surface area contributed by atoms with Gasteiger partial charge in [0.15, 0.2) is 0 Å². The lowest BCUT2D eigenvalue weighted by atomic mass is 10.3. The van der Waals surface area contributed by atoms with Gasteiger partial charge in [0.2, 0.25) is 15.5 Å². The third kappa shape index (κ3) is 3.46. The van der Waals surface area contributed by atoms with Gasteiger partial charge in [-0.25, -0.2) is 13.1 Å². The maximum Gasteiger partial charge on any atom is 0.245 e. The van der Waals surface area contributed by atoms with E-state index in [0.717, 1.165) is 19.3 Å². The predicted molar refractivity (Wildman–Crippen MR) is 61.8 cm³/mol. The Kier molecular flexibility index (Phi) is 4.70. The molecule has 0 aliphatic rings. The molecule has 0 fully saturated rings. The van der Waals surface area contributed by atoms with E-state index in [0.29, 0.717) is 6.54 Å². The fraction of sp³-hybridized carbons (Fsp3) is 0.500. The molecule has 0 aromatic carbocycles. The highest BCUT2D eigenvalue weighted by Crippen LogP contribution is 2.00. The number of sulfonamides is 1. The fourth-order valence-corrected chi connectivity index (χ4v) is 2.39. The zero-order chi connectivity index (χ0) is 12.0. The molecule has 2 N–H and O–H groups in total. The van der Waals surface area contributed by atoms with Crippen LogP contribution in [0.5, 0.6) is 0 Å². The molecule has 0 spiro atoms. The van der Waals surface area contributed by atoms with E-state index in [1.54, 1.807) is 0 Å². The van der Waals surface area contributed by atoms with E-state index in [2.05, 4.69) is 9.71 Å². The molecule has 0 unspecified atom stereocenters. The molecular weight excluding hydrogens is 228 g/mol. The quantitative estimate of drug-likeness (QED) is 0.728. The topological polar surface area (TPSA) is 79.0 Å². The Balaban J connectivity index is 2.72. The molecule has 90 valence electrons. The lowest BCUT2D eigenvalue weighted by Crippen LogP contribution is -2.29. The average molecular weight is 244 g/mol. The first kappa shape index (κ1) is 12.9. The van der Waals surface area contributed by atoms with Crippen molar-refractivity contribution in [3.63, 3.8) is 0 Å². The molecule has 1 aromatic heterocycles. The van der Waals surface area contributed by atoms with Gasteiger partial charge in [-0.1, -0.05) is 19.8 Å². The minimum absolute atomic E-state index is 0.230. The van der Waals surface area contributed by atoms with Crippen molar-refractivity contribution < 1.29 is 8.42 Å². The Bertz CT molecular complexity index is 479. The van der Waals surface area contributed by atoms with Gasteiger partial charge < -0.3 is 4.98 Å². The highest BCUT2D eigenvalue weighted by Gasteiger charge is 2.16. The molecular formula is C10H16N2O3S. The molecule has 1 heterocycles. The molecule has 0 bridgehead atoms. The van der Waals surface area contributed by atoms with E-state index in [1.807, 2.05) is 6.92 Å². The Labute approximate surface area is 94.9 Å². The van der Waals surface area contributed by atoms with E-state index < -0.39 is 15.5 Å². The first-order chi connectivity index (χ1) is 7.58. The molecule has 0 aliphatic heterocycles. The molecule has 16 heavy (non-hydrogen) atoms. The van der Waals surface area contributed by atoms with Crippen LogP contribution < -0.4 is 10.2 Å². The largest absolute Gasteiger partial charge is 0.366 e. The summed E-state index contributed by atoms with van der Waals surface area (Å²) in [5.41, 5.74) is -0.498. The molecule has 6 heteroatoms. The third-order valence-electron chi connectivity index (χ3n) is 2.15. The van der Waals surface area contributed by atoms with Gasteiger partial charge in [0.05, 0.1) is 0 Å². The van der Waals surface area contributed by atoms with Crippen LogP contribution >= 0.6 is 0 Å². The van der Waals surface area contributed by atoms with Gasteiger partial charge in [-0.2, -0.15) is 0 Å². The van der Waals surface area contributed by atoms with E-state index in [-0.39, 0.29) is 4.90 Å². The number of unbranched alkanes of at least 4 members (excludes halogenated alkanes) is 2. The molecule has 1 rings (SSSR count). The van der Waals surface area contributed by atoms with Crippen LogP contribution in [0.4, 0.5) is 0 Å². The van der Waals surface area contributed by atoms with Crippen LogP contribution in [0.15, 0.2) is 28.2 Å². The first-order valence-corrected chi connectivity index (χ1v) is 6.73. The molecule has 0 saturated carbocycles. The minimum Gasteiger partial charge on any atom is -0.366 e. The molecule has 0 atom stereocenters. The highest BCUT2D eigenvalue weighted by molar-refractivity contribution is 7.89. The molecule has 0 aliphatic carbocycles. The fourth-order valence-electron chi connectivity index (χ4n) is 1.27. The van der Waals surface area contributed by atoms with Gasteiger partial charge in [-0.15, -0.1) is 0 Å². The van der Waals surface area contributed by atoms with Crippen LogP contribution in [0.25, 0.3) is 0 Å². The third-order valence-corrected chi connectivity index (χ3v) is 3.63. The van der Waals surface area contributed by atoms with E-state index in [4.69, 9.17) is 0 Å². The predicted octanol–water partition coefficient (Wildman–Crippen LogP) is 0.843. The van der Waals surface area contributed by atoms with Gasteiger partial charge in [0, 0.05) is 25.0 Å². The van der Waals surface area contributed by atoms with Gasteiger partial charge in [-0.05, 0) is 6.42 Å². The number of H-pyrrole nitrogens is 1. The second kappa shape index (κ2) is 5.81. The Morgan fingerprint density at radius 1 is 1.38 bits per heavy atom. The average Bonchev–Trinajstić information content (AvgIpc) is 2.25. The van der Waals surface area contributed by atoms with Crippen LogP contribution in [-0.4, -0.2) is 19.9 Å². The van der Waals surface area contributed by atoms with E-state index >= 15 is 0 Å². The SMILES string of the molecule is CCCCCNS(=O)(=O)c1c[nH]ccc1=O. The standard InChI is InChI=1S/C10H16N2O3S/c1-2-3-4-6-12-16(14,15)10-8-11-7-5-9(10)13/h5,7-8,12H,2-4,6H2,1H3,(H,11,13). The number of nitrogens with one attached hydrogen (secondary N) is 2. The van der Waals surface area contributed by atoms with Crippen molar-refractivity contribution in [2.24, 2.45) is 0 Å². The van der Waals surface area contributed by atoms with Crippen molar-refractivity contribution in [1.82, 2.24) is 9.71 Å². The summed E-state index contributed by atoms with van der Waals surface area (Å²) < 4.78 is 25.8. The summed E-state index contributed by atoms with van der Waals surface area (Å²) >= 11 is 0. The normalized spacial score (nSPS) is 11.6. The van der Waals surface area contributed by atoms with Crippen LogP contribution in [0, 0.1) is 0 Å². The number of hydrogen-bond donors (Lipinski definition) is 2. The second-order valence-corrected chi connectivity index (χ2v) is 5.21. The Morgan fingerprint density at radius 2 is 2.12 bits per heavy atom. The van der Waals surface area contributed by atoms with E-state index in [1.165, 1.54) is 18.5 Å². The zero-order valence-corrected chi connectivity index (χ0v) is 10.0. The smallest absolute Gasteiger partial charge is 0.245 e. The maximum atomic E-state index is 11.7. The van der Waals surface area contributed by atoms with Crippen molar-refractivity contribution in [3.8, 4) is 0 Å². The molecule has 0 radical (unpaired) electrons. The molecule has 5 nitrogen and oxygen atoms in total. The van der Waals surface area contributed by atoms with Crippen LogP contribution in [-0.2, 0) is 10.0 Å². The number of aromatic nitrogens is 1. The van der Waals surface area contributed by atoms with Crippen molar-refractivity contribution in [3.05, 3.63) is 28.7 Å². The zero-order valence-electron chi connectivity index (χ0n) is 9.19. The summed E-state index contributed by atoms with van der Waals surface area (Å²) in [5.74, 6) is 0. The Morgan fingerprint density at radius 3 is 2.75 bits per heavy atom. The van der Waals surface area contributed by atoms with Crippen molar-refractivity contribution in [1.29, 1.82) is 0 Å². The number of aromatic amines is 1. The van der Waals surface area contributed by atoms with Gasteiger partial charge in [-0.3, -0.25) is 4.79 Å². The van der Waals surface area contributed by atoms with Crippen LogP contribution in [0.2, 0.25) is 0 Å². The van der Waals surface area contributed by atoms with Gasteiger partial charge >= 0.3 is 0 Å². The van der Waals surface area contributed by atoms with Gasteiger partial charge in [0.1, 0.15) is 4.90 Å². The lowest BCUT2D eigenvalue weighted by molar-refractivity contribution is 0.575. The monoisotopic (exact) mass is 244 g/mol. The highest BCUT2D eigenvalue weighted by atomic mass is 32.2. The Hall–Kier alpha value is -1.14. The first-order valence-electron chi connectivity index (χ1n) is 5.24. The van der Waals surface area contributed by atoms with Crippen molar-refractivity contribution in [2.75, 3.05) is 6.54 Å². The summed E-state index contributed by atoms with van der Waals surface area (Å²) in [4.78, 5) is 13.7. The minimum atomic E-state index is -3.67. The molecule has 0 saturated heterocycles. The van der Waals surface area contributed by atoms with Crippen LogP contribution in [0.3, 0.4) is 0 Å². The maximum absolute atomic E-state index is 11.7. The number of pyridine rings is 1. The second-order valence-electron chi connectivity index (χ2n) is 3.48. The summed E-state index contributed by atoms with van der Waals surface area (Å²) in [6.45, 7) is 2.40. The van der Waals surface area contributed by atoms with Crippen molar-refractivity contribution >= 4 is 10.0 Å².